The zero-order chi connectivity index (χ0) is 43.8. The summed E-state index contributed by atoms with van der Waals surface area (Å²) in [5.74, 6) is 0. The molecule has 10 aromatic carbocycles. The average Bonchev–Trinajstić information content (AvgIpc) is 3.39. The predicted octanol–water partition coefficient (Wildman–Crippen LogP) is 18.3. The summed E-state index contributed by atoms with van der Waals surface area (Å²) < 4.78 is 0. The first-order valence-electron chi connectivity index (χ1n) is 23.3. The SMILES string of the molecule is C1=CCCC(C2=CC=C(c3c4cc(N(c5ccccc5)c5ccccc5)ccc4c(-c4cccc5ccccc45)c4cc(N(c5ccccc5)c5ccc6ccccc6c5)ccc34)CC2)=C1. The quantitative estimate of drug-likeness (QED) is 0.134. The highest BCUT2D eigenvalue weighted by Gasteiger charge is 2.24. The molecule has 314 valence electrons. The van der Waals surface area contributed by atoms with Crippen molar-refractivity contribution in [2.75, 3.05) is 9.80 Å². The van der Waals surface area contributed by atoms with Gasteiger partial charge in [-0.1, -0.05) is 170 Å². The Labute approximate surface area is 387 Å². The standard InChI is InChI=1S/C64H48N2/c1-5-18-45(19-6-1)47-32-34-49(35-33-47)63-59-40-38-56(66(53-28-11-4-12-29-53)54-37-36-46-20-13-14-22-50(46)42-54)44-62(59)64(58-31-17-23-48-21-15-16-30-57(48)58)60-41-39-55(43-61(60)63)65(51-24-7-2-8-25-51)52-26-9-3-10-27-52/h1-5,7-18,20-32,34,36-44H,6,19,33,35H2. The molecule has 12 rings (SSSR count). The van der Waals surface area contributed by atoms with Crippen LogP contribution in [0.5, 0.6) is 0 Å². The molecule has 2 nitrogen and oxygen atoms in total. The van der Waals surface area contributed by atoms with Crippen LogP contribution >= 0.6 is 0 Å². The molecule has 0 atom stereocenters. The molecule has 0 amide bonds. The minimum Gasteiger partial charge on any atom is -0.310 e. The molecule has 2 aliphatic rings. The molecule has 0 radical (unpaired) electrons. The molecule has 0 saturated heterocycles. The number of rotatable bonds is 9. The Bertz CT molecular complexity index is 3530. The van der Waals surface area contributed by atoms with Crippen LogP contribution in [0.3, 0.4) is 0 Å². The lowest BCUT2D eigenvalue weighted by Crippen LogP contribution is -2.10. The van der Waals surface area contributed by atoms with Crippen LogP contribution in [0.4, 0.5) is 34.1 Å². The third-order valence-electron chi connectivity index (χ3n) is 13.6. The van der Waals surface area contributed by atoms with Crippen molar-refractivity contribution >= 4 is 82.8 Å². The van der Waals surface area contributed by atoms with Crippen molar-refractivity contribution in [3.63, 3.8) is 0 Å². The lowest BCUT2D eigenvalue weighted by atomic mass is 9.81. The van der Waals surface area contributed by atoms with E-state index in [-0.39, 0.29) is 0 Å². The molecule has 0 heterocycles. The maximum absolute atomic E-state index is 2.47. The summed E-state index contributed by atoms with van der Waals surface area (Å²) in [6.45, 7) is 0. The van der Waals surface area contributed by atoms with Crippen molar-refractivity contribution < 1.29 is 0 Å². The summed E-state index contributed by atoms with van der Waals surface area (Å²) in [5.41, 5.74) is 14.8. The Morgan fingerprint density at radius 1 is 0.288 bits per heavy atom. The van der Waals surface area contributed by atoms with E-state index >= 15 is 0 Å². The fourth-order valence-electron chi connectivity index (χ4n) is 10.5. The number of hydrogen-bond donors (Lipinski definition) is 0. The molecule has 0 bridgehead atoms. The van der Waals surface area contributed by atoms with Crippen molar-refractivity contribution in [3.8, 4) is 11.1 Å². The highest BCUT2D eigenvalue weighted by Crippen LogP contribution is 2.49. The molecule has 0 fully saturated rings. The van der Waals surface area contributed by atoms with Crippen LogP contribution in [-0.2, 0) is 0 Å². The van der Waals surface area contributed by atoms with Gasteiger partial charge in [-0.2, -0.15) is 0 Å². The maximum atomic E-state index is 2.47. The van der Waals surface area contributed by atoms with Crippen molar-refractivity contribution in [2.45, 2.75) is 25.7 Å². The Kier molecular flexibility index (Phi) is 10.2. The van der Waals surface area contributed by atoms with Gasteiger partial charge in [0.15, 0.2) is 0 Å². The van der Waals surface area contributed by atoms with Gasteiger partial charge in [0.05, 0.1) is 0 Å². The first-order valence-corrected chi connectivity index (χ1v) is 23.3. The summed E-state index contributed by atoms with van der Waals surface area (Å²) in [7, 11) is 0. The second-order valence-corrected chi connectivity index (χ2v) is 17.5. The molecule has 2 aliphatic carbocycles. The van der Waals surface area contributed by atoms with Crippen LogP contribution < -0.4 is 9.80 Å². The van der Waals surface area contributed by atoms with E-state index in [2.05, 4.69) is 253 Å². The molecule has 0 N–H and O–H groups in total. The largest absolute Gasteiger partial charge is 0.310 e. The Hall–Kier alpha value is -8.20. The summed E-state index contributed by atoms with van der Waals surface area (Å²) in [4.78, 5) is 4.82. The van der Waals surface area contributed by atoms with Gasteiger partial charge in [-0.3, -0.25) is 0 Å². The molecule has 2 heteroatoms. The summed E-state index contributed by atoms with van der Waals surface area (Å²) in [6, 6.07) is 77.9. The highest BCUT2D eigenvalue weighted by atomic mass is 15.1. The van der Waals surface area contributed by atoms with Crippen molar-refractivity contribution in [2.24, 2.45) is 0 Å². The lowest BCUT2D eigenvalue weighted by molar-refractivity contribution is 0.906. The molecule has 0 spiro atoms. The van der Waals surface area contributed by atoms with E-state index in [0.717, 1.165) is 59.8 Å². The van der Waals surface area contributed by atoms with Gasteiger partial charge in [0.2, 0.25) is 0 Å². The summed E-state index contributed by atoms with van der Waals surface area (Å²) >= 11 is 0. The van der Waals surface area contributed by atoms with Gasteiger partial charge in [0.25, 0.3) is 0 Å². The van der Waals surface area contributed by atoms with Gasteiger partial charge < -0.3 is 9.80 Å². The average molecular weight is 845 g/mol. The second-order valence-electron chi connectivity index (χ2n) is 17.5. The third kappa shape index (κ3) is 7.18. The van der Waals surface area contributed by atoms with E-state index in [1.807, 2.05) is 0 Å². The molecule has 66 heavy (non-hydrogen) atoms. The topological polar surface area (TPSA) is 6.48 Å². The van der Waals surface area contributed by atoms with Gasteiger partial charge >= 0.3 is 0 Å². The second kappa shape index (κ2) is 17.1. The van der Waals surface area contributed by atoms with Crippen LogP contribution in [0, 0.1) is 0 Å². The van der Waals surface area contributed by atoms with E-state index < -0.39 is 0 Å². The number of allylic oxidation sites excluding steroid dienone is 8. The monoisotopic (exact) mass is 844 g/mol. The van der Waals surface area contributed by atoms with Gasteiger partial charge in [0.1, 0.15) is 0 Å². The zero-order valence-electron chi connectivity index (χ0n) is 36.8. The van der Waals surface area contributed by atoms with Crippen molar-refractivity contribution in [3.05, 3.63) is 259 Å². The predicted molar refractivity (Wildman–Crippen MR) is 283 cm³/mol. The molecular weight excluding hydrogens is 797 g/mol. The smallest absolute Gasteiger partial charge is 0.0468 e. The van der Waals surface area contributed by atoms with E-state index in [1.165, 1.54) is 76.5 Å². The molecule has 10 aromatic rings. The van der Waals surface area contributed by atoms with Gasteiger partial charge in [-0.05, 0) is 175 Å². The van der Waals surface area contributed by atoms with Crippen LogP contribution in [0.2, 0.25) is 0 Å². The fourth-order valence-corrected chi connectivity index (χ4v) is 10.5. The van der Waals surface area contributed by atoms with Crippen LogP contribution in [0.25, 0.3) is 59.8 Å². The minimum absolute atomic E-state index is 0.963. The zero-order valence-corrected chi connectivity index (χ0v) is 36.8. The first kappa shape index (κ1) is 39.4. The summed E-state index contributed by atoms with van der Waals surface area (Å²) in [6.07, 6.45) is 15.9. The third-order valence-corrected chi connectivity index (χ3v) is 13.6. The van der Waals surface area contributed by atoms with Crippen LogP contribution in [-0.4, -0.2) is 0 Å². The van der Waals surface area contributed by atoms with Crippen molar-refractivity contribution in [1.82, 2.24) is 0 Å². The number of hydrogen-bond acceptors (Lipinski definition) is 2. The van der Waals surface area contributed by atoms with Gasteiger partial charge in [-0.15, -0.1) is 0 Å². The molecule has 0 aromatic heterocycles. The lowest BCUT2D eigenvalue weighted by Gasteiger charge is -2.29. The van der Waals surface area contributed by atoms with Crippen molar-refractivity contribution in [1.29, 1.82) is 0 Å². The Balaban J connectivity index is 1.18. The molecule has 0 saturated carbocycles. The molecule has 0 aliphatic heterocycles. The molecular formula is C64H48N2. The first-order chi connectivity index (χ1) is 32.7. The number of anilines is 6. The van der Waals surface area contributed by atoms with E-state index in [1.54, 1.807) is 0 Å². The van der Waals surface area contributed by atoms with Gasteiger partial charge in [0, 0.05) is 34.1 Å². The highest BCUT2D eigenvalue weighted by molar-refractivity contribution is 6.22. The number of fused-ring (bicyclic) bond motifs is 4. The van der Waals surface area contributed by atoms with E-state index in [0.29, 0.717) is 0 Å². The Morgan fingerprint density at radius 3 is 1.42 bits per heavy atom. The van der Waals surface area contributed by atoms with Crippen LogP contribution in [0.1, 0.15) is 31.2 Å². The number of para-hydroxylation sites is 3. The Morgan fingerprint density at radius 2 is 0.788 bits per heavy atom. The van der Waals surface area contributed by atoms with E-state index in [9.17, 15) is 0 Å². The maximum Gasteiger partial charge on any atom is 0.0468 e. The van der Waals surface area contributed by atoms with E-state index in [4.69, 9.17) is 0 Å². The van der Waals surface area contributed by atoms with Gasteiger partial charge in [-0.25, -0.2) is 0 Å². The fraction of sp³-hybridized carbons (Fsp3) is 0.0625. The minimum atomic E-state index is 0.963. The number of nitrogens with zero attached hydrogens (tertiary/aromatic N) is 2. The normalized spacial score (nSPS) is 13.7. The van der Waals surface area contributed by atoms with Crippen LogP contribution in [0.15, 0.2) is 254 Å². The summed E-state index contributed by atoms with van der Waals surface area (Å²) in [5, 5.41) is 9.91. The molecule has 0 unspecified atom stereocenters. The number of benzene rings is 10.